The Labute approximate surface area is 101 Å². The topological polar surface area (TPSA) is 27.7 Å². The minimum Gasteiger partial charge on any atom is -0.201 e. The molecule has 0 aliphatic rings. The zero-order valence-electron chi connectivity index (χ0n) is 9.45. The van der Waals surface area contributed by atoms with Crippen LogP contribution in [0, 0.1) is 11.3 Å². The quantitative estimate of drug-likeness (QED) is 0.732. The fourth-order valence-corrected chi connectivity index (χ4v) is 1.53. The van der Waals surface area contributed by atoms with Gasteiger partial charge in [0.15, 0.2) is 18.9 Å². The number of nitriles is 1. The molecule has 2 heteroatoms. The SMILES string of the molecule is N#Cc1cc[n+](CC=Cc2ccccc2)cc1. The summed E-state index contributed by atoms with van der Waals surface area (Å²) in [5.74, 6) is 0. The minimum atomic E-state index is 0.688. The van der Waals surface area contributed by atoms with E-state index in [0.717, 1.165) is 6.54 Å². The van der Waals surface area contributed by atoms with Crippen molar-refractivity contribution in [1.82, 2.24) is 0 Å². The molecule has 0 fully saturated rings. The van der Waals surface area contributed by atoms with Gasteiger partial charge < -0.3 is 0 Å². The van der Waals surface area contributed by atoms with Crippen molar-refractivity contribution in [2.45, 2.75) is 6.54 Å². The minimum absolute atomic E-state index is 0.688. The zero-order valence-corrected chi connectivity index (χ0v) is 9.45. The van der Waals surface area contributed by atoms with Crippen LogP contribution in [0.5, 0.6) is 0 Å². The molecule has 0 aliphatic carbocycles. The van der Waals surface area contributed by atoms with E-state index in [1.165, 1.54) is 5.56 Å². The Morgan fingerprint density at radius 3 is 2.41 bits per heavy atom. The first-order valence-corrected chi connectivity index (χ1v) is 5.49. The molecule has 0 saturated heterocycles. The van der Waals surface area contributed by atoms with Crippen LogP contribution in [0.4, 0.5) is 0 Å². The Hall–Kier alpha value is -2.40. The van der Waals surface area contributed by atoms with E-state index >= 15 is 0 Å². The second-order valence-electron chi connectivity index (χ2n) is 3.71. The Bertz CT molecular complexity index is 533. The molecule has 0 atom stereocenters. The maximum absolute atomic E-state index is 8.68. The van der Waals surface area contributed by atoms with Crippen LogP contribution < -0.4 is 4.57 Å². The number of pyridine rings is 1. The third kappa shape index (κ3) is 3.29. The van der Waals surface area contributed by atoms with Gasteiger partial charge in [-0.2, -0.15) is 5.26 Å². The van der Waals surface area contributed by atoms with Gasteiger partial charge in [-0.05, 0) is 11.6 Å². The van der Waals surface area contributed by atoms with Crippen LogP contribution >= 0.6 is 0 Å². The van der Waals surface area contributed by atoms with Crippen LogP contribution in [-0.4, -0.2) is 0 Å². The van der Waals surface area contributed by atoms with Crippen molar-refractivity contribution in [2.75, 3.05) is 0 Å². The van der Waals surface area contributed by atoms with Crippen molar-refractivity contribution in [2.24, 2.45) is 0 Å². The van der Waals surface area contributed by atoms with Gasteiger partial charge in [0.05, 0.1) is 11.6 Å². The summed E-state index contributed by atoms with van der Waals surface area (Å²) >= 11 is 0. The molecule has 1 aromatic carbocycles. The number of allylic oxidation sites excluding steroid dienone is 1. The molecule has 0 amide bonds. The number of rotatable bonds is 3. The lowest BCUT2D eigenvalue weighted by atomic mass is 10.2. The lowest BCUT2D eigenvalue weighted by Gasteiger charge is -1.92. The first-order valence-electron chi connectivity index (χ1n) is 5.49. The second-order valence-corrected chi connectivity index (χ2v) is 3.71. The molecule has 2 nitrogen and oxygen atoms in total. The van der Waals surface area contributed by atoms with Gasteiger partial charge in [0.2, 0.25) is 0 Å². The fourth-order valence-electron chi connectivity index (χ4n) is 1.53. The van der Waals surface area contributed by atoms with Gasteiger partial charge in [0, 0.05) is 12.1 Å². The first kappa shape index (κ1) is 11.1. The maximum Gasteiger partial charge on any atom is 0.170 e. The highest BCUT2D eigenvalue weighted by atomic mass is 14.9. The average molecular weight is 221 g/mol. The highest BCUT2D eigenvalue weighted by Gasteiger charge is 1.96. The van der Waals surface area contributed by atoms with Crippen LogP contribution in [0.15, 0.2) is 60.9 Å². The van der Waals surface area contributed by atoms with Crippen molar-refractivity contribution in [3.63, 3.8) is 0 Å². The zero-order chi connectivity index (χ0) is 11.9. The molecule has 0 unspecified atom stereocenters. The van der Waals surface area contributed by atoms with E-state index in [1.807, 2.05) is 47.3 Å². The predicted octanol–water partition coefficient (Wildman–Crippen LogP) is 2.56. The maximum atomic E-state index is 8.68. The molecular formula is C15H13N2+. The Morgan fingerprint density at radius 2 is 1.76 bits per heavy atom. The normalized spacial score (nSPS) is 10.3. The van der Waals surface area contributed by atoms with E-state index in [0.29, 0.717) is 5.56 Å². The number of benzene rings is 1. The van der Waals surface area contributed by atoms with E-state index < -0.39 is 0 Å². The van der Waals surface area contributed by atoms with Gasteiger partial charge in [-0.1, -0.05) is 36.4 Å². The molecule has 0 N–H and O–H groups in total. The van der Waals surface area contributed by atoms with Gasteiger partial charge >= 0.3 is 0 Å². The fraction of sp³-hybridized carbons (Fsp3) is 0.0667. The predicted molar refractivity (Wildman–Crippen MR) is 66.8 cm³/mol. The van der Waals surface area contributed by atoms with Crippen molar-refractivity contribution in [1.29, 1.82) is 5.26 Å². The van der Waals surface area contributed by atoms with Crippen molar-refractivity contribution in [3.8, 4) is 6.07 Å². The summed E-state index contributed by atoms with van der Waals surface area (Å²) in [6.45, 7) is 0.806. The standard InChI is InChI=1S/C15H13N2/c16-13-15-8-11-17(12-9-15)10-4-7-14-5-2-1-3-6-14/h1-9,11-12H,10H2/q+1. The van der Waals surface area contributed by atoms with Gasteiger partial charge in [-0.25, -0.2) is 4.57 Å². The van der Waals surface area contributed by atoms with E-state index in [2.05, 4.69) is 30.4 Å². The highest BCUT2D eigenvalue weighted by molar-refractivity contribution is 5.48. The largest absolute Gasteiger partial charge is 0.201 e. The van der Waals surface area contributed by atoms with Gasteiger partial charge in [0.25, 0.3) is 0 Å². The molecule has 17 heavy (non-hydrogen) atoms. The summed E-state index contributed by atoms with van der Waals surface area (Å²) in [7, 11) is 0. The summed E-state index contributed by atoms with van der Waals surface area (Å²) < 4.78 is 2.03. The number of hydrogen-bond acceptors (Lipinski definition) is 1. The van der Waals surface area contributed by atoms with Crippen LogP contribution in [-0.2, 0) is 6.54 Å². The molecule has 82 valence electrons. The van der Waals surface area contributed by atoms with Crippen LogP contribution in [0.25, 0.3) is 6.08 Å². The number of aromatic nitrogens is 1. The van der Waals surface area contributed by atoms with Crippen LogP contribution in [0.3, 0.4) is 0 Å². The molecule has 0 aliphatic heterocycles. The lowest BCUT2D eigenvalue weighted by Crippen LogP contribution is -2.31. The highest BCUT2D eigenvalue weighted by Crippen LogP contribution is 2.00. The van der Waals surface area contributed by atoms with E-state index in [4.69, 9.17) is 5.26 Å². The average Bonchev–Trinajstić information content (AvgIpc) is 2.41. The van der Waals surface area contributed by atoms with E-state index in [-0.39, 0.29) is 0 Å². The van der Waals surface area contributed by atoms with Crippen molar-refractivity contribution >= 4 is 6.08 Å². The Kier molecular flexibility index (Phi) is 3.67. The first-order chi connectivity index (χ1) is 8.38. The van der Waals surface area contributed by atoms with Crippen molar-refractivity contribution in [3.05, 3.63) is 72.1 Å². The van der Waals surface area contributed by atoms with E-state index in [1.54, 1.807) is 0 Å². The third-order valence-corrected chi connectivity index (χ3v) is 2.45. The number of nitrogens with zero attached hydrogens (tertiary/aromatic N) is 2. The molecule has 0 saturated carbocycles. The Balaban J connectivity index is 1.98. The molecule has 0 bridgehead atoms. The number of hydrogen-bond donors (Lipinski definition) is 0. The monoisotopic (exact) mass is 221 g/mol. The molecule has 2 rings (SSSR count). The molecule has 0 radical (unpaired) electrons. The summed E-state index contributed by atoms with van der Waals surface area (Å²) in [5.41, 5.74) is 1.88. The van der Waals surface area contributed by atoms with Gasteiger partial charge in [-0.15, -0.1) is 0 Å². The smallest absolute Gasteiger partial charge is 0.170 e. The van der Waals surface area contributed by atoms with E-state index in [9.17, 15) is 0 Å². The molecule has 2 aromatic rings. The summed E-state index contributed by atoms with van der Waals surface area (Å²) in [6.07, 6.45) is 8.01. The lowest BCUT2D eigenvalue weighted by molar-refractivity contribution is -0.686. The molecular weight excluding hydrogens is 208 g/mol. The second kappa shape index (κ2) is 5.62. The molecule has 1 heterocycles. The third-order valence-electron chi connectivity index (χ3n) is 2.45. The molecule has 0 spiro atoms. The summed E-state index contributed by atoms with van der Waals surface area (Å²) in [5, 5.41) is 8.68. The summed E-state index contributed by atoms with van der Waals surface area (Å²) in [6, 6.07) is 15.9. The summed E-state index contributed by atoms with van der Waals surface area (Å²) in [4.78, 5) is 0. The Morgan fingerprint density at radius 1 is 1.06 bits per heavy atom. The van der Waals surface area contributed by atoms with Crippen molar-refractivity contribution < 1.29 is 4.57 Å². The molecule has 1 aromatic heterocycles. The van der Waals surface area contributed by atoms with Gasteiger partial charge in [0.1, 0.15) is 0 Å². The van der Waals surface area contributed by atoms with Crippen LogP contribution in [0.2, 0.25) is 0 Å². The van der Waals surface area contributed by atoms with Crippen LogP contribution in [0.1, 0.15) is 11.1 Å². The van der Waals surface area contributed by atoms with Gasteiger partial charge in [-0.3, -0.25) is 0 Å².